The molecule has 0 spiro atoms. The van der Waals surface area contributed by atoms with Gasteiger partial charge in [-0.2, -0.15) is 0 Å². The van der Waals surface area contributed by atoms with Crippen molar-refractivity contribution in [1.82, 2.24) is 9.97 Å². The third-order valence-corrected chi connectivity index (χ3v) is 3.83. The molecule has 0 aliphatic heterocycles. The number of hydrogen-bond donors (Lipinski definition) is 2. The molecule has 1 amide bonds. The molecular formula is C11H11BrN4OS. The Balaban J connectivity index is 2.15. The van der Waals surface area contributed by atoms with Gasteiger partial charge in [-0.3, -0.25) is 4.79 Å². The first-order valence-electron chi connectivity index (χ1n) is 5.21. The Hall–Kier alpha value is -1.31. The lowest BCUT2D eigenvalue weighted by Gasteiger charge is -2.04. The third kappa shape index (κ3) is 2.92. The maximum atomic E-state index is 11.9. The molecule has 94 valence electrons. The highest BCUT2D eigenvalue weighted by atomic mass is 79.9. The van der Waals surface area contributed by atoms with Crippen LogP contribution in [0.25, 0.3) is 0 Å². The summed E-state index contributed by atoms with van der Waals surface area (Å²) in [7, 11) is 0. The van der Waals surface area contributed by atoms with Crippen LogP contribution in [0.1, 0.15) is 28.5 Å². The van der Waals surface area contributed by atoms with Crippen molar-refractivity contribution in [3.05, 3.63) is 39.0 Å². The molecule has 3 N–H and O–H groups in total. The van der Waals surface area contributed by atoms with Crippen LogP contribution in [0.15, 0.2) is 28.3 Å². The summed E-state index contributed by atoms with van der Waals surface area (Å²) in [6.45, 7) is 1.83. The lowest BCUT2D eigenvalue weighted by atomic mass is 10.3. The number of nitrogens with two attached hydrogens (primary N) is 1. The highest BCUT2D eigenvalue weighted by Gasteiger charge is 2.13. The zero-order chi connectivity index (χ0) is 13.1. The van der Waals surface area contributed by atoms with Crippen LogP contribution in [0, 0.1) is 0 Å². The Bertz CT molecular complexity index is 570. The Morgan fingerprint density at radius 2 is 2.39 bits per heavy atom. The number of pyridine rings is 1. The normalized spacial score (nSPS) is 12.2. The van der Waals surface area contributed by atoms with E-state index in [0.29, 0.717) is 16.0 Å². The first kappa shape index (κ1) is 13.1. The average molecular weight is 327 g/mol. The topological polar surface area (TPSA) is 80.9 Å². The van der Waals surface area contributed by atoms with Crippen LogP contribution < -0.4 is 11.1 Å². The summed E-state index contributed by atoms with van der Waals surface area (Å²) in [5.74, 6) is -0.271. The van der Waals surface area contributed by atoms with Gasteiger partial charge in [-0.15, -0.1) is 11.3 Å². The molecule has 0 saturated carbocycles. The monoisotopic (exact) mass is 326 g/mol. The number of thiazole rings is 1. The number of carbonyl (C=O) groups excluding carboxylic acids is 1. The summed E-state index contributed by atoms with van der Waals surface area (Å²) in [6.07, 6.45) is 1.64. The summed E-state index contributed by atoms with van der Waals surface area (Å²) < 4.78 is 0.584. The minimum Gasteiger partial charge on any atom is -0.322 e. The molecule has 7 heteroatoms. The fourth-order valence-electron chi connectivity index (χ4n) is 1.27. The molecule has 2 rings (SSSR count). The predicted octanol–water partition coefficient (Wildman–Crippen LogP) is 2.57. The van der Waals surface area contributed by atoms with Crippen molar-refractivity contribution in [3.8, 4) is 0 Å². The fourth-order valence-corrected chi connectivity index (χ4v) is 2.37. The van der Waals surface area contributed by atoms with Crippen molar-refractivity contribution < 1.29 is 4.79 Å². The number of amides is 1. The van der Waals surface area contributed by atoms with E-state index in [2.05, 4.69) is 31.2 Å². The molecule has 2 aromatic heterocycles. The van der Waals surface area contributed by atoms with Gasteiger partial charge in [0.15, 0.2) is 0 Å². The number of hydrogen-bond acceptors (Lipinski definition) is 5. The maximum Gasteiger partial charge on any atom is 0.275 e. The Labute approximate surface area is 117 Å². The van der Waals surface area contributed by atoms with Crippen molar-refractivity contribution >= 4 is 38.9 Å². The highest BCUT2D eigenvalue weighted by molar-refractivity contribution is 9.10. The molecule has 18 heavy (non-hydrogen) atoms. The van der Waals surface area contributed by atoms with E-state index >= 15 is 0 Å². The lowest BCUT2D eigenvalue weighted by Crippen LogP contribution is -2.13. The summed E-state index contributed by atoms with van der Waals surface area (Å²) >= 11 is 4.64. The van der Waals surface area contributed by atoms with Gasteiger partial charge in [-0.1, -0.05) is 0 Å². The molecule has 2 aromatic rings. The van der Waals surface area contributed by atoms with Gasteiger partial charge in [0.25, 0.3) is 5.91 Å². The number of nitrogens with one attached hydrogen (secondary N) is 1. The van der Waals surface area contributed by atoms with Crippen LogP contribution in [0.5, 0.6) is 0 Å². The van der Waals surface area contributed by atoms with Gasteiger partial charge in [0, 0.05) is 11.6 Å². The number of halogens is 1. The van der Waals surface area contributed by atoms with Crippen LogP contribution in [0.2, 0.25) is 0 Å². The molecule has 2 heterocycles. The maximum absolute atomic E-state index is 11.9. The summed E-state index contributed by atoms with van der Waals surface area (Å²) in [5, 5.41) is 5.17. The van der Waals surface area contributed by atoms with Crippen LogP contribution in [-0.2, 0) is 0 Å². The summed E-state index contributed by atoms with van der Waals surface area (Å²) in [6, 6.07) is 3.34. The van der Waals surface area contributed by atoms with Crippen molar-refractivity contribution in [2.75, 3.05) is 5.32 Å². The first-order chi connectivity index (χ1) is 8.58. The minimum atomic E-state index is -0.271. The molecule has 1 atom stereocenters. The van der Waals surface area contributed by atoms with E-state index in [-0.39, 0.29) is 11.9 Å². The highest BCUT2D eigenvalue weighted by Crippen LogP contribution is 2.20. The van der Waals surface area contributed by atoms with E-state index in [1.54, 1.807) is 23.7 Å². The number of anilines is 1. The van der Waals surface area contributed by atoms with Gasteiger partial charge in [0.05, 0.1) is 11.7 Å². The molecule has 5 nitrogen and oxygen atoms in total. The van der Waals surface area contributed by atoms with Crippen LogP contribution in [-0.4, -0.2) is 15.9 Å². The zero-order valence-electron chi connectivity index (χ0n) is 9.55. The number of rotatable bonds is 3. The van der Waals surface area contributed by atoms with E-state index in [1.807, 2.05) is 6.92 Å². The number of aromatic nitrogens is 2. The van der Waals surface area contributed by atoms with Gasteiger partial charge in [-0.05, 0) is 35.0 Å². The van der Waals surface area contributed by atoms with E-state index in [4.69, 9.17) is 5.73 Å². The molecule has 0 bridgehead atoms. The Morgan fingerprint density at radius 1 is 1.61 bits per heavy atom. The van der Waals surface area contributed by atoms with Gasteiger partial charge in [0.1, 0.15) is 15.3 Å². The Kier molecular flexibility index (Phi) is 4.05. The molecule has 1 unspecified atom stereocenters. The average Bonchev–Trinajstić information content (AvgIpc) is 2.81. The van der Waals surface area contributed by atoms with Gasteiger partial charge in [-0.25, -0.2) is 9.97 Å². The summed E-state index contributed by atoms with van der Waals surface area (Å²) in [4.78, 5) is 20.2. The number of carbonyl (C=O) groups is 1. The molecule has 0 aliphatic rings. The van der Waals surface area contributed by atoms with Crippen molar-refractivity contribution in [1.29, 1.82) is 0 Å². The second-order valence-corrected chi connectivity index (χ2v) is 5.30. The largest absolute Gasteiger partial charge is 0.322 e. The SMILES string of the molecule is CC(N)c1nc(C(=O)Nc2cccnc2Br)cs1. The van der Waals surface area contributed by atoms with E-state index < -0.39 is 0 Å². The smallest absolute Gasteiger partial charge is 0.275 e. The molecule has 0 fully saturated rings. The van der Waals surface area contributed by atoms with Crippen molar-refractivity contribution in [2.45, 2.75) is 13.0 Å². The molecule has 0 aromatic carbocycles. The fraction of sp³-hybridized carbons (Fsp3) is 0.182. The standard InChI is InChI=1S/C11H11BrN4OS/c1-6(13)11-16-8(5-18-11)10(17)15-7-3-2-4-14-9(7)12/h2-6H,13H2,1H3,(H,15,17). The van der Waals surface area contributed by atoms with E-state index in [0.717, 1.165) is 5.01 Å². The van der Waals surface area contributed by atoms with Crippen molar-refractivity contribution in [3.63, 3.8) is 0 Å². The molecular weight excluding hydrogens is 316 g/mol. The van der Waals surface area contributed by atoms with Crippen LogP contribution >= 0.6 is 27.3 Å². The predicted molar refractivity (Wildman–Crippen MR) is 74.6 cm³/mol. The zero-order valence-corrected chi connectivity index (χ0v) is 12.0. The molecule has 0 radical (unpaired) electrons. The summed E-state index contributed by atoms with van der Waals surface area (Å²) in [5.41, 5.74) is 6.68. The van der Waals surface area contributed by atoms with E-state index in [1.165, 1.54) is 11.3 Å². The second-order valence-electron chi connectivity index (χ2n) is 3.66. The quantitative estimate of drug-likeness (QED) is 0.849. The van der Waals surface area contributed by atoms with Crippen LogP contribution in [0.4, 0.5) is 5.69 Å². The molecule has 0 aliphatic carbocycles. The molecule has 0 saturated heterocycles. The van der Waals surface area contributed by atoms with Gasteiger partial charge in [0.2, 0.25) is 0 Å². The van der Waals surface area contributed by atoms with Gasteiger partial charge >= 0.3 is 0 Å². The van der Waals surface area contributed by atoms with Gasteiger partial charge < -0.3 is 11.1 Å². The minimum absolute atomic E-state index is 0.165. The lowest BCUT2D eigenvalue weighted by molar-refractivity contribution is 0.102. The second kappa shape index (κ2) is 5.55. The Morgan fingerprint density at radius 3 is 3.00 bits per heavy atom. The number of nitrogens with zero attached hydrogens (tertiary/aromatic N) is 2. The first-order valence-corrected chi connectivity index (χ1v) is 6.88. The van der Waals surface area contributed by atoms with Crippen molar-refractivity contribution in [2.24, 2.45) is 5.73 Å². The third-order valence-electron chi connectivity index (χ3n) is 2.15. The van der Waals surface area contributed by atoms with E-state index in [9.17, 15) is 4.79 Å². The van der Waals surface area contributed by atoms with Crippen LogP contribution in [0.3, 0.4) is 0 Å².